The van der Waals surface area contributed by atoms with Crippen LogP contribution in [-0.4, -0.2) is 32.8 Å². The van der Waals surface area contributed by atoms with Crippen molar-refractivity contribution in [2.24, 2.45) is 0 Å². The summed E-state index contributed by atoms with van der Waals surface area (Å²) in [5.41, 5.74) is 3.96. The number of hydrogen-bond donors (Lipinski definition) is 3. The van der Waals surface area contributed by atoms with Crippen LogP contribution in [0.2, 0.25) is 0 Å². The van der Waals surface area contributed by atoms with Crippen LogP contribution in [0.25, 0.3) is 12.2 Å². The number of hydrogen-bond acceptors (Lipinski definition) is 5. The number of ketones is 1. The molecular weight excluding hydrogens is 540 g/mol. The molecule has 0 bridgehead atoms. The molecule has 8 heteroatoms. The van der Waals surface area contributed by atoms with E-state index in [1.54, 1.807) is 49.9 Å². The Labute approximate surface area is 253 Å². The summed E-state index contributed by atoms with van der Waals surface area (Å²) in [4.78, 5) is 52.3. The Morgan fingerprint density at radius 2 is 1.65 bits per heavy atom. The van der Waals surface area contributed by atoms with E-state index in [1.165, 1.54) is 0 Å². The van der Waals surface area contributed by atoms with Crippen molar-refractivity contribution >= 4 is 17.9 Å². The van der Waals surface area contributed by atoms with Gasteiger partial charge in [0.05, 0.1) is 24.7 Å². The van der Waals surface area contributed by atoms with Crippen LogP contribution in [0.1, 0.15) is 112 Å². The van der Waals surface area contributed by atoms with E-state index in [1.807, 2.05) is 47.6 Å². The Kier molecular flexibility index (Phi) is 10.9. The number of aromatic amines is 3. The molecule has 0 fully saturated rings. The Bertz CT molecular complexity index is 1820. The molecule has 4 aromatic rings. The van der Waals surface area contributed by atoms with Gasteiger partial charge in [-0.05, 0) is 59.7 Å². The quantitative estimate of drug-likeness (QED) is 0.249. The molecule has 0 aliphatic carbocycles. The second kappa shape index (κ2) is 14.1. The molecule has 0 saturated heterocycles. The second-order valence-corrected chi connectivity index (χ2v) is 11.3. The van der Waals surface area contributed by atoms with E-state index < -0.39 is 11.1 Å². The van der Waals surface area contributed by atoms with Crippen LogP contribution < -0.4 is 26.6 Å². The van der Waals surface area contributed by atoms with Crippen LogP contribution in [0.5, 0.6) is 5.75 Å². The van der Waals surface area contributed by atoms with Gasteiger partial charge in [-0.15, -0.1) is 0 Å². The third-order valence-electron chi connectivity index (χ3n) is 7.34. The van der Waals surface area contributed by atoms with Crippen molar-refractivity contribution in [3.63, 3.8) is 0 Å². The number of methoxy groups -OCH3 is 1. The van der Waals surface area contributed by atoms with Crippen LogP contribution >= 0.6 is 0 Å². The van der Waals surface area contributed by atoms with Gasteiger partial charge < -0.3 is 19.7 Å². The lowest BCUT2D eigenvalue weighted by atomic mass is 9.90. The maximum Gasteiger partial charge on any atom is 0.272 e. The number of imidazole rings is 1. The average Bonchev–Trinajstić information content (AvgIpc) is 3.48. The predicted molar refractivity (Wildman–Crippen MR) is 174 cm³/mol. The van der Waals surface area contributed by atoms with E-state index >= 15 is 0 Å². The number of ether oxygens (including phenoxy) is 1. The van der Waals surface area contributed by atoms with Crippen LogP contribution in [0.15, 0.2) is 52.3 Å². The topological polar surface area (TPSA) is 121 Å². The van der Waals surface area contributed by atoms with Crippen molar-refractivity contribution in [3.8, 4) is 5.75 Å². The molecule has 228 valence electrons. The number of aryl methyl sites for hydroxylation is 1. The lowest BCUT2D eigenvalue weighted by Gasteiger charge is -2.17. The Morgan fingerprint density at radius 1 is 1.00 bits per heavy atom. The third-order valence-corrected chi connectivity index (χ3v) is 7.34. The van der Waals surface area contributed by atoms with Crippen LogP contribution in [0.3, 0.4) is 0 Å². The van der Waals surface area contributed by atoms with Gasteiger partial charge in [0, 0.05) is 16.7 Å². The van der Waals surface area contributed by atoms with Crippen LogP contribution in [0.4, 0.5) is 0 Å². The molecular formula is C35H44N4O4. The van der Waals surface area contributed by atoms with Gasteiger partial charge in [0.2, 0.25) is 0 Å². The van der Waals surface area contributed by atoms with Gasteiger partial charge in [0.1, 0.15) is 16.4 Å². The van der Waals surface area contributed by atoms with E-state index in [4.69, 9.17) is 4.74 Å². The number of rotatable bonds is 8. The predicted octanol–water partition coefficient (Wildman–Crippen LogP) is 5.08. The van der Waals surface area contributed by atoms with Crippen molar-refractivity contribution in [3.05, 3.63) is 113 Å². The van der Waals surface area contributed by atoms with E-state index in [2.05, 4.69) is 39.8 Å². The zero-order valence-corrected chi connectivity index (χ0v) is 26.8. The lowest BCUT2D eigenvalue weighted by molar-refractivity contribution is 0.103. The molecule has 1 unspecified atom stereocenters. The average molecular weight is 585 g/mol. The highest BCUT2D eigenvalue weighted by atomic mass is 16.5. The fourth-order valence-corrected chi connectivity index (χ4v) is 4.85. The highest BCUT2D eigenvalue weighted by molar-refractivity contribution is 6.11. The Morgan fingerprint density at radius 3 is 2.23 bits per heavy atom. The molecule has 0 aliphatic rings. The summed E-state index contributed by atoms with van der Waals surface area (Å²) in [7, 11) is 1.58. The number of carbonyl (C=O) groups excluding carboxylic acids is 1. The largest absolute Gasteiger partial charge is 0.496 e. The molecule has 8 nitrogen and oxygen atoms in total. The monoisotopic (exact) mass is 584 g/mol. The highest BCUT2D eigenvalue weighted by Gasteiger charge is 2.21. The van der Waals surface area contributed by atoms with Gasteiger partial charge in [-0.1, -0.05) is 79.7 Å². The highest BCUT2D eigenvalue weighted by Crippen LogP contribution is 2.32. The summed E-state index contributed by atoms with van der Waals surface area (Å²) < 4.78 is 5.68. The third kappa shape index (κ3) is 7.49. The summed E-state index contributed by atoms with van der Waals surface area (Å²) >= 11 is 0. The fraction of sp³-hybridized carbons (Fsp3) is 0.371. The zero-order valence-electron chi connectivity index (χ0n) is 26.8. The zero-order chi connectivity index (χ0) is 31.9. The molecule has 0 amide bonds. The summed E-state index contributed by atoms with van der Waals surface area (Å²) in [6.07, 6.45) is 6.37. The first kappa shape index (κ1) is 33.0. The minimum atomic E-state index is -0.462. The fourth-order valence-electron chi connectivity index (χ4n) is 4.85. The number of benzene rings is 2. The Hall–Kier alpha value is -4.46. The first-order chi connectivity index (χ1) is 20.5. The van der Waals surface area contributed by atoms with Crippen molar-refractivity contribution < 1.29 is 9.53 Å². The molecule has 1 atom stereocenters. The van der Waals surface area contributed by atoms with E-state index in [-0.39, 0.29) is 21.9 Å². The molecule has 3 N–H and O–H groups in total. The SMILES string of the molecule is CC.CCc1cc(C(C)CC)cc(C(=O)c2cccc(/C=c3\[nH]c(=O)/c(=C/c4nc[nH]c4C(C)(C)C)[nH]c3=O)c2)c1OC. The molecule has 0 saturated carbocycles. The molecule has 0 aliphatic heterocycles. The van der Waals surface area contributed by atoms with E-state index in [0.29, 0.717) is 34.1 Å². The number of nitrogens with zero attached hydrogens (tertiary/aromatic N) is 1. The smallest absolute Gasteiger partial charge is 0.272 e. The van der Waals surface area contributed by atoms with E-state index in [0.717, 1.165) is 29.7 Å². The summed E-state index contributed by atoms with van der Waals surface area (Å²) in [5.74, 6) is 0.713. The van der Waals surface area contributed by atoms with E-state index in [9.17, 15) is 14.4 Å². The lowest BCUT2D eigenvalue weighted by Crippen LogP contribution is -2.46. The first-order valence-electron chi connectivity index (χ1n) is 14.9. The van der Waals surface area contributed by atoms with Crippen LogP contribution in [-0.2, 0) is 11.8 Å². The second-order valence-electron chi connectivity index (χ2n) is 11.3. The molecule has 0 radical (unpaired) electrons. The van der Waals surface area contributed by atoms with Gasteiger partial charge in [0.15, 0.2) is 5.78 Å². The van der Waals surface area contributed by atoms with Gasteiger partial charge in [-0.3, -0.25) is 14.4 Å². The van der Waals surface area contributed by atoms with Gasteiger partial charge >= 0.3 is 0 Å². The van der Waals surface area contributed by atoms with Gasteiger partial charge in [0.25, 0.3) is 11.1 Å². The van der Waals surface area contributed by atoms with Crippen molar-refractivity contribution in [2.45, 2.75) is 79.6 Å². The minimum absolute atomic E-state index is 0.0828. The molecule has 0 spiro atoms. The Balaban J connectivity index is 0.00000248. The molecule has 2 aromatic carbocycles. The molecule has 43 heavy (non-hydrogen) atoms. The maximum atomic E-state index is 13.7. The molecule has 2 heterocycles. The normalized spacial score (nSPS) is 13.0. The summed E-state index contributed by atoms with van der Waals surface area (Å²) in [6, 6.07) is 11.0. The van der Waals surface area contributed by atoms with Gasteiger partial charge in [-0.2, -0.15) is 0 Å². The number of nitrogens with one attached hydrogen (secondary N) is 3. The van der Waals surface area contributed by atoms with Crippen molar-refractivity contribution in [2.75, 3.05) is 7.11 Å². The van der Waals surface area contributed by atoms with Gasteiger partial charge in [-0.25, -0.2) is 4.98 Å². The first-order valence-corrected chi connectivity index (χ1v) is 14.9. The summed E-state index contributed by atoms with van der Waals surface area (Å²) in [6.45, 7) is 16.4. The maximum absolute atomic E-state index is 13.7. The van der Waals surface area contributed by atoms with Crippen molar-refractivity contribution in [1.82, 2.24) is 19.9 Å². The number of carbonyl (C=O) groups is 1. The minimum Gasteiger partial charge on any atom is -0.496 e. The number of H-pyrrole nitrogens is 3. The number of aromatic nitrogens is 4. The standard InChI is InChI=1S/C33H38N4O4.C2H6/c1-8-19(3)23-15-21(9-2)29(41-7)24(16-23)28(38)22-12-10-11-20(13-22)14-26-31(39)37-27(32(40)36-26)17-25-30(33(4,5)6)35-18-34-25;1-2/h10-19H,8-9H2,1-7H3,(H,34,35)(H,36,40)(H,37,39);1-2H3/b26-14-,27-17-;. The molecule has 2 aromatic heterocycles. The summed E-state index contributed by atoms with van der Waals surface area (Å²) in [5, 5.41) is 0.188. The van der Waals surface area contributed by atoms with Crippen molar-refractivity contribution in [1.29, 1.82) is 0 Å². The van der Waals surface area contributed by atoms with Crippen LogP contribution in [0, 0.1) is 0 Å². The molecule has 4 rings (SSSR count).